The largest absolute Gasteiger partial charge is 0.480 e. The van der Waals surface area contributed by atoms with Crippen LogP contribution in [-0.4, -0.2) is 53.5 Å². The second-order valence-electron chi connectivity index (χ2n) is 11.1. The molecule has 3 aromatic rings. The molecule has 0 fully saturated rings. The van der Waals surface area contributed by atoms with Gasteiger partial charge in [0.1, 0.15) is 24.5 Å². The highest BCUT2D eigenvalue weighted by molar-refractivity contribution is 5.90. The smallest absolute Gasteiger partial charge is 0.407 e. The number of fused-ring (bicyclic) bond motifs is 3. The number of amides is 2. The van der Waals surface area contributed by atoms with Crippen LogP contribution in [0.5, 0.6) is 0 Å². The third-order valence-electron chi connectivity index (χ3n) is 6.90. The lowest BCUT2D eigenvalue weighted by Crippen LogP contribution is -2.57. The minimum atomic E-state index is -1.44. The van der Waals surface area contributed by atoms with Gasteiger partial charge in [0.15, 0.2) is 0 Å². The van der Waals surface area contributed by atoms with E-state index in [0.717, 1.165) is 22.3 Å². The first-order chi connectivity index (χ1) is 19.4. The number of hydrogen-bond donors (Lipinski definition) is 3. The summed E-state index contributed by atoms with van der Waals surface area (Å²) in [6.07, 6.45) is -1.98. The molecule has 41 heavy (non-hydrogen) atoms. The van der Waals surface area contributed by atoms with Crippen molar-refractivity contribution >= 4 is 18.0 Å². The van der Waals surface area contributed by atoms with Crippen LogP contribution in [0.15, 0.2) is 72.8 Å². The molecule has 0 radical (unpaired) electrons. The van der Waals surface area contributed by atoms with E-state index >= 15 is 0 Å². The van der Waals surface area contributed by atoms with Crippen molar-refractivity contribution in [3.63, 3.8) is 0 Å². The summed E-state index contributed by atoms with van der Waals surface area (Å²) in [6, 6.07) is 18.9. The zero-order valence-corrected chi connectivity index (χ0v) is 23.5. The maximum absolute atomic E-state index is 14.2. The van der Waals surface area contributed by atoms with Crippen molar-refractivity contribution < 1.29 is 33.4 Å². The van der Waals surface area contributed by atoms with Crippen LogP contribution in [-0.2, 0) is 25.5 Å². The molecule has 0 saturated heterocycles. The molecule has 216 valence electrons. The molecule has 2 amide bonds. The fourth-order valence-corrected chi connectivity index (χ4v) is 5.13. The first-order valence-corrected chi connectivity index (χ1v) is 13.5. The van der Waals surface area contributed by atoms with Crippen LogP contribution in [0, 0.1) is 5.82 Å². The number of nitrogens with one attached hydrogen (secondary N) is 2. The van der Waals surface area contributed by atoms with E-state index < -0.39 is 47.6 Å². The van der Waals surface area contributed by atoms with Gasteiger partial charge in [-0.05, 0) is 61.6 Å². The van der Waals surface area contributed by atoms with Crippen molar-refractivity contribution in [2.24, 2.45) is 0 Å². The third-order valence-corrected chi connectivity index (χ3v) is 6.90. The molecular weight excluding hydrogens is 527 g/mol. The Bertz CT molecular complexity index is 1370. The number of halogens is 1. The molecule has 0 spiro atoms. The number of carbonyl (C=O) groups excluding carboxylic acids is 2. The quantitative estimate of drug-likeness (QED) is 0.319. The van der Waals surface area contributed by atoms with Crippen molar-refractivity contribution in [2.45, 2.75) is 63.8 Å². The highest BCUT2D eigenvalue weighted by Crippen LogP contribution is 2.44. The van der Waals surface area contributed by atoms with Gasteiger partial charge in [0.2, 0.25) is 5.91 Å². The van der Waals surface area contributed by atoms with Gasteiger partial charge in [0.25, 0.3) is 0 Å². The predicted molar refractivity (Wildman–Crippen MR) is 152 cm³/mol. The van der Waals surface area contributed by atoms with Gasteiger partial charge in [0.05, 0.1) is 11.7 Å². The van der Waals surface area contributed by atoms with E-state index in [2.05, 4.69) is 10.6 Å². The molecule has 3 aromatic carbocycles. The monoisotopic (exact) mass is 562 g/mol. The lowest BCUT2D eigenvalue weighted by atomic mass is 9.98. The van der Waals surface area contributed by atoms with E-state index in [-0.39, 0.29) is 24.5 Å². The van der Waals surface area contributed by atoms with E-state index in [4.69, 9.17) is 9.47 Å². The van der Waals surface area contributed by atoms with Crippen molar-refractivity contribution in [1.82, 2.24) is 10.6 Å². The molecule has 0 aliphatic heterocycles. The van der Waals surface area contributed by atoms with Gasteiger partial charge >= 0.3 is 12.1 Å². The predicted octanol–water partition coefficient (Wildman–Crippen LogP) is 5.05. The van der Waals surface area contributed by atoms with Gasteiger partial charge in [-0.1, -0.05) is 66.7 Å². The van der Waals surface area contributed by atoms with Crippen LogP contribution in [0.2, 0.25) is 0 Å². The Hall–Kier alpha value is -4.24. The Morgan fingerprint density at radius 2 is 1.46 bits per heavy atom. The summed E-state index contributed by atoms with van der Waals surface area (Å²) in [6.45, 7) is 7.03. The number of aliphatic carboxylic acids is 1. The normalized spacial score (nSPS) is 14.8. The topological polar surface area (TPSA) is 114 Å². The molecule has 9 heteroatoms. The van der Waals surface area contributed by atoms with Gasteiger partial charge in [-0.15, -0.1) is 0 Å². The van der Waals surface area contributed by atoms with E-state index in [0.29, 0.717) is 0 Å². The Balaban J connectivity index is 1.48. The van der Waals surface area contributed by atoms with E-state index in [1.807, 2.05) is 48.5 Å². The average Bonchev–Trinajstić information content (AvgIpc) is 3.23. The number of carboxylic acid groups (broad SMARTS) is 1. The van der Waals surface area contributed by atoms with Crippen LogP contribution >= 0.6 is 0 Å². The van der Waals surface area contributed by atoms with E-state index in [1.165, 1.54) is 18.2 Å². The van der Waals surface area contributed by atoms with Crippen LogP contribution in [0.25, 0.3) is 11.1 Å². The van der Waals surface area contributed by atoms with E-state index in [1.54, 1.807) is 33.8 Å². The Labute approximate surface area is 238 Å². The molecule has 8 nitrogen and oxygen atoms in total. The van der Waals surface area contributed by atoms with Gasteiger partial charge in [-0.2, -0.15) is 0 Å². The van der Waals surface area contributed by atoms with Crippen LogP contribution in [0.4, 0.5) is 9.18 Å². The van der Waals surface area contributed by atoms with Gasteiger partial charge in [0, 0.05) is 12.3 Å². The number of benzene rings is 3. The maximum Gasteiger partial charge on any atom is 0.407 e. The molecular formula is C32H35FN2O6. The molecule has 0 aromatic heterocycles. The second kappa shape index (κ2) is 12.5. The molecule has 1 aliphatic carbocycles. The van der Waals surface area contributed by atoms with Crippen molar-refractivity contribution in [3.8, 4) is 11.1 Å². The second-order valence-corrected chi connectivity index (χ2v) is 11.1. The Kier molecular flexibility index (Phi) is 9.08. The number of carbonyl (C=O) groups is 3. The summed E-state index contributed by atoms with van der Waals surface area (Å²) in [4.78, 5) is 38.4. The third kappa shape index (κ3) is 7.29. The van der Waals surface area contributed by atoms with Crippen LogP contribution in [0.3, 0.4) is 0 Å². The molecule has 0 unspecified atom stereocenters. The molecule has 0 bridgehead atoms. The Morgan fingerprint density at radius 3 is 2.02 bits per heavy atom. The lowest BCUT2D eigenvalue weighted by Gasteiger charge is -2.31. The zero-order chi connectivity index (χ0) is 29.7. The SMILES string of the molecule is C[C@@H](OC(C)(C)C)[C@H](NC(=O)OCC1c2ccccc2-c2ccccc21)C(=O)N[C@@H](Cc1ccccc1F)C(=O)O. The summed E-state index contributed by atoms with van der Waals surface area (Å²) in [5.41, 5.74) is 3.71. The van der Waals surface area contributed by atoms with Crippen molar-refractivity contribution in [3.05, 3.63) is 95.3 Å². The lowest BCUT2D eigenvalue weighted by molar-refractivity contribution is -0.143. The van der Waals surface area contributed by atoms with Gasteiger partial charge in [-0.25, -0.2) is 14.0 Å². The van der Waals surface area contributed by atoms with Gasteiger partial charge in [-0.3, -0.25) is 4.79 Å². The number of alkyl carbamates (subject to hydrolysis) is 1. The first-order valence-electron chi connectivity index (χ1n) is 13.5. The van der Waals surface area contributed by atoms with Crippen LogP contribution in [0.1, 0.15) is 50.3 Å². The molecule has 3 N–H and O–H groups in total. The first kappa shape index (κ1) is 29.7. The fourth-order valence-electron chi connectivity index (χ4n) is 5.13. The molecule has 1 aliphatic rings. The molecule has 4 rings (SSSR count). The van der Waals surface area contributed by atoms with Crippen LogP contribution < -0.4 is 10.6 Å². The summed E-state index contributed by atoms with van der Waals surface area (Å²) in [7, 11) is 0. The molecule has 0 heterocycles. The molecule has 0 saturated carbocycles. The highest BCUT2D eigenvalue weighted by Gasteiger charge is 2.35. The summed E-state index contributed by atoms with van der Waals surface area (Å²) >= 11 is 0. The number of carboxylic acids is 1. The minimum absolute atomic E-state index is 0.0355. The summed E-state index contributed by atoms with van der Waals surface area (Å²) < 4.78 is 25.7. The minimum Gasteiger partial charge on any atom is -0.480 e. The zero-order valence-electron chi connectivity index (χ0n) is 23.5. The fraction of sp³-hybridized carbons (Fsp3) is 0.344. The van der Waals surface area contributed by atoms with Gasteiger partial charge < -0.3 is 25.2 Å². The summed E-state index contributed by atoms with van der Waals surface area (Å²) in [5.74, 6) is -2.89. The summed E-state index contributed by atoms with van der Waals surface area (Å²) in [5, 5.41) is 14.7. The van der Waals surface area contributed by atoms with Crippen molar-refractivity contribution in [1.29, 1.82) is 0 Å². The van der Waals surface area contributed by atoms with E-state index in [9.17, 15) is 23.9 Å². The average molecular weight is 563 g/mol. The highest BCUT2D eigenvalue weighted by atomic mass is 19.1. The number of rotatable bonds is 10. The maximum atomic E-state index is 14.2. The number of ether oxygens (including phenoxy) is 2. The van der Waals surface area contributed by atoms with Crippen molar-refractivity contribution in [2.75, 3.05) is 6.61 Å². The molecule has 3 atom stereocenters. The standard InChI is InChI=1S/C32H35FN2O6/c1-19(41-32(2,3)4)28(29(36)34-27(30(37)38)17-20-11-5-10-16-26(20)33)35-31(39)40-18-25-23-14-8-6-12-21(23)22-13-7-9-15-24(22)25/h5-16,19,25,27-28H,17-18H2,1-4H3,(H,34,36)(H,35,39)(H,37,38)/t19-,27+,28+/m1/s1. The Morgan fingerprint density at radius 1 is 0.902 bits per heavy atom. The number of hydrogen-bond acceptors (Lipinski definition) is 5.